The average molecular weight is 316 g/mol. The quantitative estimate of drug-likeness (QED) is 0.820. The Kier molecular flexibility index (Phi) is 4.72. The van der Waals surface area contributed by atoms with E-state index in [-0.39, 0.29) is 5.56 Å². The third kappa shape index (κ3) is 4.07. The number of ether oxygens (including phenoxy) is 1. The zero-order valence-electron chi connectivity index (χ0n) is 9.92. The van der Waals surface area contributed by atoms with Crippen LogP contribution in [0.3, 0.4) is 0 Å². The molecule has 1 aromatic rings. The van der Waals surface area contributed by atoms with Crippen LogP contribution in [0.2, 0.25) is 0 Å². The standard InChI is InChI=1S/C13H15BrFNO2/c14-10-3-4-12(15)11(7-10)13(17)16-5-6-18-8-9-1-2-9/h3-4,7,9H,1-2,5-6,8H2,(H,16,17). The maximum atomic E-state index is 13.4. The molecule has 1 aliphatic carbocycles. The summed E-state index contributed by atoms with van der Waals surface area (Å²) in [5, 5.41) is 2.64. The number of amides is 1. The van der Waals surface area contributed by atoms with E-state index in [0.717, 1.165) is 6.61 Å². The van der Waals surface area contributed by atoms with Crippen LogP contribution in [0.15, 0.2) is 22.7 Å². The summed E-state index contributed by atoms with van der Waals surface area (Å²) in [6.07, 6.45) is 2.49. The summed E-state index contributed by atoms with van der Waals surface area (Å²) >= 11 is 3.21. The van der Waals surface area contributed by atoms with E-state index in [2.05, 4.69) is 21.2 Å². The first-order valence-electron chi connectivity index (χ1n) is 5.98. The van der Waals surface area contributed by atoms with Gasteiger partial charge in [-0.25, -0.2) is 4.39 Å². The fraction of sp³-hybridized carbons (Fsp3) is 0.462. The van der Waals surface area contributed by atoms with E-state index < -0.39 is 11.7 Å². The van der Waals surface area contributed by atoms with Gasteiger partial charge in [-0.1, -0.05) is 15.9 Å². The van der Waals surface area contributed by atoms with Gasteiger partial charge in [0.2, 0.25) is 0 Å². The SMILES string of the molecule is O=C(NCCOCC1CC1)c1cc(Br)ccc1F. The van der Waals surface area contributed by atoms with Gasteiger partial charge >= 0.3 is 0 Å². The molecule has 0 unspecified atom stereocenters. The van der Waals surface area contributed by atoms with Crippen molar-refractivity contribution >= 4 is 21.8 Å². The number of hydrogen-bond acceptors (Lipinski definition) is 2. The Morgan fingerprint density at radius 2 is 2.28 bits per heavy atom. The maximum Gasteiger partial charge on any atom is 0.254 e. The minimum absolute atomic E-state index is 0.0477. The monoisotopic (exact) mass is 315 g/mol. The third-order valence-electron chi connectivity index (χ3n) is 2.76. The van der Waals surface area contributed by atoms with Gasteiger partial charge in [0.15, 0.2) is 0 Å². The highest BCUT2D eigenvalue weighted by atomic mass is 79.9. The van der Waals surface area contributed by atoms with Gasteiger partial charge in [0.25, 0.3) is 5.91 Å². The molecule has 18 heavy (non-hydrogen) atoms. The first-order chi connectivity index (χ1) is 8.66. The molecule has 1 amide bonds. The predicted octanol–water partition coefficient (Wildman–Crippen LogP) is 2.74. The molecule has 0 heterocycles. The maximum absolute atomic E-state index is 13.4. The molecular weight excluding hydrogens is 301 g/mol. The lowest BCUT2D eigenvalue weighted by molar-refractivity contribution is 0.0902. The van der Waals surface area contributed by atoms with Crippen LogP contribution >= 0.6 is 15.9 Å². The Hall–Kier alpha value is -0.940. The Balaban J connectivity index is 1.74. The van der Waals surface area contributed by atoms with E-state index in [1.54, 1.807) is 6.07 Å². The lowest BCUT2D eigenvalue weighted by Gasteiger charge is -2.07. The molecule has 2 rings (SSSR count). The van der Waals surface area contributed by atoms with Crippen molar-refractivity contribution < 1.29 is 13.9 Å². The van der Waals surface area contributed by atoms with Gasteiger partial charge in [-0.15, -0.1) is 0 Å². The average Bonchev–Trinajstić information content (AvgIpc) is 3.15. The molecular formula is C13H15BrFNO2. The molecule has 0 atom stereocenters. The fourth-order valence-electron chi connectivity index (χ4n) is 1.54. The summed E-state index contributed by atoms with van der Waals surface area (Å²) < 4.78 is 19.5. The number of rotatable bonds is 6. The molecule has 0 aromatic heterocycles. The van der Waals surface area contributed by atoms with Crippen LogP contribution in [0.1, 0.15) is 23.2 Å². The fourth-order valence-corrected chi connectivity index (χ4v) is 1.90. The summed E-state index contributed by atoms with van der Waals surface area (Å²) in [6, 6.07) is 4.29. The van der Waals surface area contributed by atoms with Crippen LogP contribution in [0.4, 0.5) is 4.39 Å². The Morgan fingerprint density at radius 3 is 3.00 bits per heavy atom. The van der Waals surface area contributed by atoms with Gasteiger partial charge in [-0.05, 0) is 37.0 Å². The van der Waals surface area contributed by atoms with Crippen LogP contribution in [0, 0.1) is 11.7 Å². The molecule has 98 valence electrons. The van der Waals surface area contributed by atoms with Crippen LogP contribution in [0.25, 0.3) is 0 Å². The van der Waals surface area contributed by atoms with Gasteiger partial charge in [0, 0.05) is 17.6 Å². The zero-order valence-corrected chi connectivity index (χ0v) is 11.5. The number of nitrogens with one attached hydrogen (secondary N) is 1. The van der Waals surface area contributed by atoms with Crippen LogP contribution in [0.5, 0.6) is 0 Å². The first kappa shape index (κ1) is 13.5. The summed E-state index contributed by atoms with van der Waals surface area (Å²) in [7, 11) is 0. The van der Waals surface area contributed by atoms with Gasteiger partial charge in [0.1, 0.15) is 5.82 Å². The topological polar surface area (TPSA) is 38.3 Å². The molecule has 5 heteroatoms. The first-order valence-corrected chi connectivity index (χ1v) is 6.77. The molecule has 1 N–H and O–H groups in total. The number of carbonyl (C=O) groups excluding carboxylic acids is 1. The molecule has 0 aliphatic heterocycles. The van der Waals surface area contributed by atoms with E-state index >= 15 is 0 Å². The second-order valence-electron chi connectivity index (χ2n) is 4.40. The smallest absolute Gasteiger partial charge is 0.254 e. The van der Waals surface area contributed by atoms with Crippen molar-refractivity contribution in [1.29, 1.82) is 0 Å². The number of carbonyl (C=O) groups is 1. The highest BCUT2D eigenvalue weighted by molar-refractivity contribution is 9.10. The molecule has 0 saturated heterocycles. The van der Waals surface area contributed by atoms with Crippen LogP contribution in [-0.4, -0.2) is 25.7 Å². The summed E-state index contributed by atoms with van der Waals surface area (Å²) in [6.45, 7) is 1.64. The normalized spacial score (nSPS) is 14.6. The molecule has 1 fully saturated rings. The number of halogens is 2. The van der Waals surface area contributed by atoms with E-state index in [9.17, 15) is 9.18 Å². The van der Waals surface area contributed by atoms with E-state index in [0.29, 0.717) is 23.5 Å². The lowest BCUT2D eigenvalue weighted by Crippen LogP contribution is -2.28. The van der Waals surface area contributed by atoms with Crippen LogP contribution < -0.4 is 5.32 Å². The van der Waals surface area contributed by atoms with Gasteiger partial charge in [-0.2, -0.15) is 0 Å². The Labute approximate surface area is 114 Å². The second kappa shape index (κ2) is 6.29. The highest BCUT2D eigenvalue weighted by Crippen LogP contribution is 2.28. The van der Waals surface area contributed by atoms with Crippen molar-refractivity contribution in [3.63, 3.8) is 0 Å². The molecule has 3 nitrogen and oxygen atoms in total. The molecule has 1 aliphatic rings. The second-order valence-corrected chi connectivity index (χ2v) is 5.31. The number of hydrogen-bond donors (Lipinski definition) is 1. The van der Waals surface area contributed by atoms with Crippen molar-refractivity contribution in [3.05, 3.63) is 34.1 Å². The minimum atomic E-state index is -0.519. The highest BCUT2D eigenvalue weighted by Gasteiger charge is 2.20. The molecule has 0 bridgehead atoms. The van der Waals surface area contributed by atoms with E-state index in [1.165, 1.54) is 25.0 Å². The van der Waals surface area contributed by atoms with E-state index in [1.807, 2.05) is 0 Å². The van der Waals surface area contributed by atoms with Gasteiger partial charge in [-0.3, -0.25) is 4.79 Å². The minimum Gasteiger partial charge on any atom is -0.379 e. The van der Waals surface area contributed by atoms with Crippen molar-refractivity contribution in [1.82, 2.24) is 5.32 Å². The molecule has 0 spiro atoms. The van der Waals surface area contributed by atoms with Crippen molar-refractivity contribution in [2.75, 3.05) is 19.8 Å². The summed E-state index contributed by atoms with van der Waals surface area (Å²) in [5.74, 6) is -0.221. The van der Waals surface area contributed by atoms with E-state index in [4.69, 9.17) is 4.74 Å². The molecule has 1 saturated carbocycles. The summed E-state index contributed by atoms with van der Waals surface area (Å²) in [5.41, 5.74) is 0.0477. The molecule has 1 aromatic carbocycles. The lowest BCUT2D eigenvalue weighted by atomic mass is 10.2. The largest absolute Gasteiger partial charge is 0.379 e. The van der Waals surface area contributed by atoms with Crippen LogP contribution in [-0.2, 0) is 4.74 Å². The summed E-state index contributed by atoms with van der Waals surface area (Å²) in [4.78, 5) is 11.7. The van der Waals surface area contributed by atoms with Crippen molar-refractivity contribution in [2.45, 2.75) is 12.8 Å². The van der Waals surface area contributed by atoms with Crippen molar-refractivity contribution in [3.8, 4) is 0 Å². The Bertz CT molecular complexity index is 435. The van der Waals surface area contributed by atoms with Crippen molar-refractivity contribution in [2.24, 2.45) is 5.92 Å². The zero-order chi connectivity index (χ0) is 13.0. The predicted molar refractivity (Wildman–Crippen MR) is 70.0 cm³/mol. The molecule has 0 radical (unpaired) electrons. The van der Waals surface area contributed by atoms with Gasteiger partial charge in [0.05, 0.1) is 12.2 Å². The van der Waals surface area contributed by atoms with Gasteiger partial charge < -0.3 is 10.1 Å². The third-order valence-corrected chi connectivity index (χ3v) is 3.25. The Morgan fingerprint density at radius 1 is 1.50 bits per heavy atom. The number of benzene rings is 1.